The van der Waals surface area contributed by atoms with Crippen molar-refractivity contribution < 1.29 is 14.0 Å². The summed E-state index contributed by atoms with van der Waals surface area (Å²) in [6.07, 6.45) is 0. The average Bonchev–Trinajstić information content (AvgIpc) is 2.92. The van der Waals surface area contributed by atoms with Crippen molar-refractivity contribution in [3.05, 3.63) is 48.3 Å². The monoisotopic (exact) mass is 271 g/mol. The molecule has 0 unspecified atom stereocenters. The predicted octanol–water partition coefficient (Wildman–Crippen LogP) is 2.83. The van der Waals surface area contributed by atoms with E-state index in [1.165, 1.54) is 12.1 Å². The van der Waals surface area contributed by atoms with E-state index in [0.29, 0.717) is 22.7 Å². The highest BCUT2D eigenvalue weighted by Crippen LogP contribution is 2.26. The number of anilines is 1. The van der Waals surface area contributed by atoms with E-state index in [9.17, 15) is 4.39 Å². The normalized spacial score (nSPS) is 10.7. The molecule has 0 bridgehead atoms. The number of phenols is 1. The molecule has 0 aliphatic carbocycles. The van der Waals surface area contributed by atoms with Crippen LogP contribution < -0.4 is 5.73 Å². The molecule has 0 aliphatic heterocycles. The molecule has 0 radical (unpaired) electrons. The van der Waals surface area contributed by atoms with Crippen LogP contribution in [0.3, 0.4) is 0 Å². The van der Waals surface area contributed by atoms with E-state index in [1.807, 2.05) is 0 Å². The van der Waals surface area contributed by atoms with Gasteiger partial charge in [0.2, 0.25) is 5.82 Å². The van der Waals surface area contributed by atoms with Crippen molar-refractivity contribution in [2.75, 3.05) is 5.73 Å². The van der Waals surface area contributed by atoms with Crippen LogP contribution in [0.5, 0.6) is 5.75 Å². The van der Waals surface area contributed by atoms with Crippen LogP contribution in [0, 0.1) is 5.82 Å². The minimum absolute atomic E-state index is 0.237. The summed E-state index contributed by atoms with van der Waals surface area (Å²) in [5.41, 5.74) is 7.36. The molecule has 0 saturated carbocycles. The van der Waals surface area contributed by atoms with Gasteiger partial charge < -0.3 is 15.4 Å². The van der Waals surface area contributed by atoms with E-state index in [-0.39, 0.29) is 5.82 Å². The van der Waals surface area contributed by atoms with Crippen LogP contribution in [0.2, 0.25) is 0 Å². The Morgan fingerprint density at radius 2 is 1.95 bits per heavy atom. The molecular weight excluding hydrogens is 261 g/mol. The van der Waals surface area contributed by atoms with Crippen molar-refractivity contribution in [3.8, 4) is 28.6 Å². The molecule has 1 aromatic heterocycles. The first-order chi connectivity index (χ1) is 9.63. The molecule has 6 heteroatoms. The Morgan fingerprint density at radius 1 is 1.10 bits per heavy atom. The van der Waals surface area contributed by atoms with Gasteiger partial charge in [-0.25, -0.2) is 4.39 Å². The summed E-state index contributed by atoms with van der Waals surface area (Å²) in [5.74, 6) is -0.631. The van der Waals surface area contributed by atoms with E-state index in [2.05, 4.69) is 10.1 Å². The topological polar surface area (TPSA) is 85.2 Å². The van der Waals surface area contributed by atoms with Gasteiger partial charge in [0.05, 0.1) is 0 Å². The number of hydrogen-bond donors (Lipinski definition) is 2. The van der Waals surface area contributed by atoms with Gasteiger partial charge in [-0.2, -0.15) is 4.98 Å². The fraction of sp³-hybridized carbons (Fsp3) is 0. The summed E-state index contributed by atoms with van der Waals surface area (Å²) in [4.78, 5) is 4.18. The molecular formula is C14H10FN3O2. The Labute approximate surface area is 113 Å². The quantitative estimate of drug-likeness (QED) is 0.700. The predicted molar refractivity (Wildman–Crippen MR) is 71.2 cm³/mol. The SMILES string of the molecule is Nc1cccc(-c2nc(-c3ccc(O)c(F)c3)no2)c1. The summed E-state index contributed by atoms with van der Waals surface area (Å²) in [6.45, 7) is 0. The zero-order valence-corrected chi connectivity index (χ0v) is 10.2. The van der Waals surface area contributed by atoms with Gasteiger partial charge in [0.25, 0.3) is 5.89 Å². The molecule has 20 heavy (non-hydrogen) atoms. The lowest BCUT2D eigenvalue weighted by molar-refractivity contribution is 0.430. The van der Waals surface area contributed by atoms with Crippen LogP contribution in [-0.2, 0) is 0 Å². The van der Waals surface area contributed by atoms with Crippen LogP contribution in [0.15, 0.2) is 47.0 Å². The van der Waals surface area contributed by atoms with E-state index in [0.717, 1.165) is 6.07 Å². The van der Waals surface area contributed by atoms with Crippen LogP contribution in [0.1, 0.15) is 0 Å². The maximum atomic E-state index is 13.3. The summed E-state index contributed by atoms with van der Waals surface area (Å²) >= 11 is 0. The third-order valence-electron chi connectivity index (χ3n) is 2.77. The number of hydrogen-bond acceptors (Lipinski definition) is 5. The summed E-state index contributed by atoms with van der Waals surface area (Å²) < 4.78 is 18.4. The number of aromatic hydroxyl groups is 1. The third kappa shape index (κ3) is 2.18. The lowest BCUT2D eigenvalue weighted by Gasteiger charge is -1.97. The summed E-state index contributed by atoms with van der Waals surface area (Å²) in [7, 11) is 0. The molecule has 2 aromatic carbocycles. The molecule has 0 spiro atoms. The zero-order valence-electron chi connectivity index (χ0n) is 10.2. The molecule has 0 amide bonds. The number of nitrogens with zero attached hydrogens (tertiary/aromatic N) is 2. The van der Waals surface area contributed by atoms with Crippen LogP contribution >= 0.6 is 0 Å². The standard InChI is InChI=1S/C14H10FN3O2/c15-11-7-8(4-5-12(11)19)13-17-14(20-18-13)9-2-1-3-10(16)6-9/h1-7,19H,16H2. The highest BCUT2D eigenvalue weighted by molar-refractivity contribution is 5.63. The second-order valence-electron chi connectivity index (χ2n) is 4.21. The first kappa shape index (κ1) is 12.2. The van der Waals surface area contributed by atoms with Gasteiger partial charge in [-0.1, -0.05) is 11.2 Å². The highest BCUT2D eigenvalue weighted by Gasteiger charge is 2.12. The van der Waals surface area contributed by atoms with Crippen molar-refractivity contribution in [2.45, 2.75) is 0 Å². The maximum absolute atomic E-state index is 13.3. The average molecular weight is 271 g/mol. The molecule has 100 valence electrons. The zero-order chi connectivity index (χ0) is 14.1. The van der Waals surface area contributed by atoms with Gasteiger partial charge in [0.1, 0.15) is 0 Å². The van der Waals surface area contributed by atoms with E-state index in [4.69, 9.17) is 15.4 Å². The van der Waals surface area contributed by atoms with E-state index >= 15 is 0 Å². The molecule has 0 aliphatic rings. The van der Waals surface area contributed by atoms with Gasteiger partial charge in [0.15, 0.2) is 11.6 Å². The van der Waals surface area contributed by atoms with Gasteiger partial charge in [-0.3, -0.25) is 0 Å². The number of nitrogens with two attached hydrogens (primary N) is 1. The van der Waals surface area contributed by atoms with Crippen molar-refractivity contribution in [1.29, 1.82) is 0 Å². The van der Waals surface area contributed by atoms with E-state index < -0.39 is 11.6 Å². The number of phenolic OH excluding ortho intramolecular Hbond substituents is 1. The minimum atomic E-state index is -0.738. The molecule has 0 atom stereocenters. The number of nitrogen functional groups attached to an aromatic ring is 1. The van der Waals surface area contributed by atoms with Gasteiger partial charge in [-0.05, 0) is 36.4 Å². The molecule has 5 nitrogen and oxygen atoms in total. The van der Waals surface area contributed by atoms with Crippen molar-refractivity contribution in [1.82, 2.24) is 10.1 Å². The van der Waals surface area contributed by atoms with Crippen LogP contribution in [-0.4, -0.2) is 15.2 Å². The number of aromatic nitrogens is 2. The molecule has 0 fully saturated rings. The van der Waals surface area contributed by atoms with E-state index in [1.54, 1.807) is 24.3 Å². The van der Waals surface area contributed by atoms with Crippen LogP contribution in [0.4, 0.5) is 10.1 Å². The Hall–Kier alpha value is -2.89. The molecule has 3 rings (SSSR count). The molecule has 3 aromatic rings. The van der Waals surface area contributed by atoms with Crippen molar-refractivity contribution in [2.24, 2.45) is 0 Å². The van der Waals surface area contributed by atoms with Gasteiger partial charge in [-0.15, -0.1) is 0 Å². The van der Waals surface area contributed by atoms with Gasteiger partial charge in [0, 0.05) is 16.8 Å². The van der Waals surface area contributed by atoms with Gasteiger partial charge >= 0.3 is 0 Å². The van der Waals surface area contributed by atoms with Crippen molar-refractivity contribution >= 4 is 5.69 Å². The number of benzene rings is 2. The summed E-state index contributed by atoms with van der Waals surface area (Å²) in [6, 6.07) is 10.9. The number of halogens is 1. The minimum Gasteiger partial charge on any atom is -0.505 e. The molecule has 1 heterocycles. The Bertz CT molecular complexity index is 771. The Morgan fingerprint density at radius 3 is 2.70 bits per heavy atom. The van der Waals surface area contributed by atoms with Crippen molar-refractivity contribution in [3.63, 3.8) is 0 Å². The second kappa shape index (κ2) is 4.65. The second-order valence-corrected chi connectivity index (χ2v) is 4.21. The first-order valence-electron chi connectivity index (χ1n) is 5.82. The van der Waals surface area contributed by atoms with Crippen LogP contribution in [0.25, 0.3) is 22.8 Å². The maximum Gasteiger partial charge on any atom is 0.258 e. The Balaban J connectivity index is 1.99. The smallest absolute Gasteiger partial charge is 0.258 e. The first-order valence-corrected chi connectivity index (χ1v) is 5.82. The fourth-order valence-corrected chi connectivity index (χ4v) is 1.78. The number of rotatable bonds is 2. The molecule has 0 saturated heterocycles. The largest absolute Gasteiger partial charge is 0.505 e. The highest BCUT2D eigenvalue weighted by atomic mass is 19.1. The lowest BCUT2D eigenvalue weighted by atomic mass is 10.2. The molecule has 3 N–H and O–H groups in total. The summed E-state index contributed by atoms with van der Waals surface area (Å²) in [5, 5.41) is 12.9. The Kier molecular flexibility index (Phi) is 2.83. The third-order valence-corrected chi connectivity index (χ3v) is 2.77. The lowest BCUT2D eigenvalue weighted by Crippen LogP contribution is -1.86. The fourth-order valence-electron chi connectivity index (χ4n) is 1.78.